The third-order valence-corrected chi connectivity index (χ3v) is 16.7. The Labute approximate surface area is 391 Å². The minimum atomic E-state index is -3.76. The molecule has 2 aliphatic rings. The number of carbonyl (C=O) groups is 1. The van der Waals surface area contributed by atoms with Gasteiger partial charge in [-0.25, -0.2) is 26.8 Å². The van der Waals surface area contributed by atoms with Gasteiger partial charge < -0.3 is 20.2 Å². The highest BCUT2D eigenvalue weighted by molar-refractivity contribution is 7.93. The number of nitrogens with zero attached hydrogens (tertiary/aromatic N) is 6. The summed E-state index contributed by atoms with van der Waals surface area (Å²) in [5, 5.41) is 2.52. The first-order valence-electron chi connectivity index (χ1n) is 23.3. The number of rotatable bonds is 12. The molecule has 0 aliphatic heterocycles. The molecule has 6 aromatic rings. The van der Waals surface area contributed by atoms with Crippen molar-refractivity contribution in [3.63, 3.8) is 0 Å². The predicted octanol–water partition coefficient (Wildman–Crippen LogP) is 10.6. The number of nitrogens with two attached hydrogens (primary N) is 1. The molecule has 1 amide bonds. The zero-order chi connectivity index (χ0) is 47.6. The number of fused-ring (bicyclic) bond motifs is 2. The van der Waals surface area contributed by atoms with E-state index in [2.05, 4.69) is 56.0 Å². The van der Waals surface area contributed by atoms with Crippen molar-refractivity contribution in [3.8, 4) is 0 Å². The number of benzene rings is 4. The fraction of sp³-hybridized carbons (Fsp3) is 0.471. The second-order valence-electron chi connectivity index (χ2n) is 20.2. The number of nitrogens with one attached hydrogen (secondary N) is 1. The Morgan fingerprint density at radius 1 is 0.606 bits per heavy atom. The Morgan fingerprint density at radius 2 is 0.985 bits per heavy atom. The van der Waals surface area contributed by atoms with Gasteiger partial charge in [-0.05, 0) is 122 Å². The van der Waals surface area contributed by atoms with Crippen LogP contribution in [0.15, 0.2) is 94.7 Å². The van der Waals surface area contributed by atoms with Crippen LogP contribution in [-0.2, 0) is 48.8 Å². The van der Waals surface area contributed by atoms with Gasteiger partial charge in [0.05, 0.1) is 43.2 Å². The summed E-state index contributed by atoms with van der Waals surface area (Å²) >= 11 is 0. The van der Waals surface area contributed by atoms with Crippen LogP contribution in [0.4, 0.5) is 22.7 Å². The van der Waals surface area contributed by atoms with Crippen LogP contribution < -0.4 is 19.7 Å². The number of amides is 1. The van der Waals surface area contributed by atoms with E-state index >= 15 is 0 Å². The number of carbonyl (C=O) groups excluding carboxylic acids is 1. The first kappa shape index (κ1) is 48.5. The molecule has 66 heavy (non-hydrogen) atoms. The molecule has 15 heteroatoms. The largest absolute Gasteiger partial charge is 0.399 e. The summed E-state index contributed by atoms with van der Waals surface area (Å²) in [5.41, 5.74) is 11.5. The molecule has 13 nitrogen and oxygen atoms in total. The average Bonchev–Trinajstić information content (AvgIpc) is 3.85. The molecule has 0 unspecified atom stereocenters. The predicted molar refractivity (Wildman–Crippen MR) is 268 cm³/mol. The molecule has 2 aromatic heterocycles. The van der Waals surface area contributed by atoms with Gasteiger partial charge in [-0.15, -0.1) is 0 Å². The van der Waals surface area contributed by atoms with Gasteiger partial charge in [-0.2, -0.15) is 0 Å². The molecule has 4 aromatic carbocycles. The summed E-state index contributed by atoms with van der Waals surface area (Å²) in [6.45, 7) is 15.0. The molecule has 354 valence electrons. The van der Waals surface area contributed by atoms with E-state index in [1.54, 1.807) is 38.4 Å². The highest BCUT2D eigenvalue weighted by Gasteiger charge is 2.29. The molecule has 8 rings (SSSR count). The molecule has 0 atom stereocenters. The molecule has 2 heterocycles. The van der Waals surface area contributed by atoms with Crippen LogP contribution in [0.1, 0.15) is 117 Å². The van der Waals surface area contributed by atoms with Crippen molar-refractivity contribution in [3.05, 3.63) is 96.6 Å². The number of anilines is 4. The molecule has 2 aliphatic carbocycles. The van der Waals surface area contributed by atoms with E-state index in [-0.39, 0.29) is 20.6 Å². The van der Waals surface area contributed by atoms with Crippen molar-refractivity contribution in [2.75, 3.05) is 33.8 Å². The molecular formula is C51H68N8O5S2. The second-order valence-corrected chi connectivity index (χ2v) is 24.2. The standard InChI is InChI=1S/C26H34N4O3S.C25H34N4O2S/c1-26(2,3)25-28-23-16-21(12-15-24(23)30(25)17-19-8-6-5-7-9-19)29(4)34(32,33)22-13-10-20(11-14-22)27-18-31;1-25(2,3)24-27-22-16-20(28(4)32(30,31)21-13-10-19(26)11-14-21)12-15-23(22)29(24)17-18-8-6-5-7-9-18/h10-16,18-19H,5-9,17H2,1-4H3,(H,27,31);10-16,18H,5-9,17,26H2,1-4H3. The van der Waals surface area contributed by atoms with Gasteiger partial charge in [0, 0.05) is 49.4 Å². The maximum absolute atomic E-state index is 13.2. The molecule has 2 fully saturated rings. The van der Waals surface area contributed by atoms with Crippen LogP contribution in [0.5, 0.6) is 0 Å². The van der Waals surface area contributed by atoms with Crippen molar-refractivity contribution >= 4 is 71.3 Å². The Hall–Kier alpha value is -5.41. The van der Waals surface area contributed by atoms with Gasteiger partial charge in [-0.1, -0.05) is 80.1 Å². The van der Waals surface area contributed by atoms with Gasteiger partial charge in [0.25, 0.3) is 20.0 Å². The molecular weight excluding hydrogens is 869 g/mol. The van der Waals surface area contributed by atoms with Gasteiger partial charge in [0.2, 0.25) is 6.41 Å². The Kier molecular flexibility index (Phi) is 14.3. The highest BCUT2D eigenvalue weighted by atomic mass is 32.2. The number of sulfonamides is 2. The lowest BCUT2D eigenvalue weighted by molar-refractivity contribution is -0.105. The lowest BCUT2D eigenvalue weighted by atomic mass is 9.88. The fourth-order valence-electron chi connectivity index (χ4n) is 9.42. The van der Waals surface area contributed by atoms with Crippen molar-refractivity contribution in [1.82, 2.24) is 19.1 Å². The fourth-order valence-corrected chi connectivity index (χ4v) is 11.8. The molecule has 0 saturated heterocycles. The third-order valence-electron chi connectivity index (χ3n) is 13.1. The van der Waals surface area contributed by atoms with E-state index in [0.29, 0.717) is 41.0 Å². The smallest absolute Gasteiger partial charge is 0.264 e. The highest BCUT2D eigenvalue weighted by Crippen LogP contribution is 2.36. The quantitative estimate of drug-likeness (QED) is 0.0904. The SMILES string of the molecule is CN(c1ccc2c(c1)nc(C(C)(C)C)n2CC1CCCCC1)S(=O)(=O)c1ccc(N)cc1.CN(c1ccc2c(c1)nc(C(C)(C)C)n2CC1CCCCC1)S(=O)(=O)c1ccc(NC=O)cc1. The van der Waals surface area contributed by atoms with E-state index < -0.39 is 20.0 Å². The van der Waals surface area contributed by atoms with E-state index in [9.17, 15) is 21.6 Å². The van der Waals surface area contributed by atoms with Crippen LogP contribution in [0.2, 0.25) is 0 Å². The molecule has 0 spiro atoms. The number of hydrogen-bond donors (Lipinski definition) is 2. The zero-order valence-corrected chi connectivity index (χ0v) is 41.6. The lowest BCUT2D eigenvalue weighted by Gasteiger charge is -2.26. The number of aromatic nitrogens is 4. The summed E-state index contributed by atoms with van der Waals surface area (Å²) in [6, 6.07) is 23.9. The van der Waals surface area contributed by atoms with Crippen LogP contribution in [0.3, 0.4) is 0 Å². The monoisotopic (exact) mass is 936 g/mol. The summed E-state index contributed by atoms with van der Waals surface area (Å²) < 4.78 is 60.1. The molecule has 2 saturated carbocycles. The minimum Gasteiger partial charge on any atom is -0.399 e. The topological polar surface area (TPSA) is 166 Å². The first-order chi connectivity index (χ1) is 31.2. The van der Waals surface area contributed by atoms with Crippen LogP contribution in [0.25, 0.3) is 22.1 Å². The van der Waals surface area contributed by atoms with Crippen molar-refractivity contribution in [2.24, 2.45) is 11.8 Å². The Balaban J connectivity index is 0.000000197. The van der Waals surface area contributed by atoms with E-state index in [1.165, 1.54) is 97.1 Å². The summed E-state index contributed by atoms with van der Waals surface area (Å²) in [4.78, 5) is 20.9. The van der Waals surface area contributed by atoms with Gasteiger partial charge in [0.15, 0.2) is 0 Å². The van der Waals surface area contributed by atoms with Crippen LogP contribution in [0, 0.1) is 11.8 Å². The normalized spacial score (nSPS) is 15.6. The number of imidazole rings is 2. The average molecular weight is 937 g/mol. The zero-order valence-electron chi connectivity index (χ0n) is 39.9. The molecule has 3 N–H and O–H groups in total. The van der Waals surface area contributed by atoms with Crippen molar-refractivity contribution in [1.29, 1.82) is 0 Å². The number of nitrogen functional groups attached to an aromatic ring is 1. The van der Waals surface area contributed by atoms with Crippen LogP contribution in [-0.4, -0.2) is 56.4 Å². The number of hydrogen-bond acceptors (Lipinski definition) is 8. The second kappa shape index (κ2) is 19.4. The third kappa shape index (κ3) is 10.6. The minimum absolute atomic E-state index is 0.101. The summed E-state index contributed by atoms with van der Waals surface area (Å²) in [5.74, 6) is 3.43. The van der Waals surface area contributed by atoms with Crippen molar-refractivity contribution < 1.29 is 21.6 Å². The first-order valence-corrected chi connectivity index (χ1v) is 26.2. The van der Waals surface area contributed by atoms with E-state index in [1.807, 2.05) is 36.4 Å². The molecule has 0 radical (unpaired) electrons. The van der Waals surface area contributed by atoms with Gasteiger partial charge in [0.1, 0.15) is 11.6 Å². The maximum atomic E-state index is 13.2. The van der Waals surface area contributed by atoms with Gasteiger partial charge in [-0.3, -0.25) is 13.4 Å². The Bertz CT molecular complexity index is 2860. The maximum Gasteiger partial charge on any atom is 0.264 e. The Morgan fingerprint density at radius 3 is 1.35 bits per heavy atom. The summed E-state index contributed by atoms with van der Waals surface area (Å²) in [6.07, 6.45) is 13.5. The summed E-state index contributed by atoms with van der Waals surface area (Å²) in [7, 11) is -4.32. The lowest BCUT2D eigenvalue weighted by Crippen LogP contribution is -2.26. The van der Waals surface area contributed by atoms with Crippen molar-refractivity contribution in [2.45, 2.75) is 139 Å². The van der Waals surface area contributed by atoms with Crippen LogP contribution >= 0.6 is 0 Å². The van der Waals surface area contributed by atoms with Gasteiger partial charge >= 0.3 is 0 Å². The van der Waals surface area contributed by atoms with E-state index in [4.69, 9.17) is 15.7 Å². The van der Waals surface area contributed by atoms with E-state index in [0.717, 1.165) is 46.8 Å². The molecule has 0 bridgehead atoms.